The van der Waals surface area contributed by atoms with Gasteiger partial charge in [0.15, 0.2) is 0 Å². The fraction of sp³-hybridized carbons (Fsp3) is 0.538. The van der Waals surface area contributed by atoms with Crippen molar-refractivity contribution in [2.75, 3.05) is 19.1 Å². The van der Waals surface area contributed by atoms with Crippen molar-refractivity contribution < 1.29 is 14.5 Å². The number of Topliss-reactive ketones (excluding diaryl/α,β-unsaturated/α-hetero) is 1. The van der Waals surface area contributed by atoms with Crippen LogP contribution in [0.4, 0.5) is 11.5 Å². The van der Waals surface area contributed by atoms with Gasteiger partial charge in [-0.1, -0.05) is 0 Å². The molecule has 0 radical (unpaired) electrons. The predicted octanol–water partition coefficient (Wildman–Crippen LogP) is 1.95. The third kappa shape index (κ3) is 2.87. The van der Waals surface area contributed by atoms with Gasteiger partial charge < -0.3 is 9.64 Å². The smallest absolute Gasteiger partial charge is 0.311 e. The van der Waals surface area contributed by atoms with Crippen molar-refractivity contribution in [3.8, 4) is 5.88 Å². The Balaban J connectivity index is 2.29. The molecule has 0 amide bonds. The van der Waals surface area contributed by atoms with Gasteiger partial charge in [-0.2, -0.15) is 4.98 Å². The number of nitrogens with zero attached hydrogens (tertiary/aromatic N) is 3. The molecule has 1 aliphatic carbocycles. The first-order valence-corrected chi connectivity index (χ1v) is 6.47. The van der Waals surface area contributed by atoms with Crippen LogP contribution in [-0.2, 0) is 4.79 Å². The van der Waals surface area contributed by atoms with E-state index >= 15 is 0 Å². The van der Waals surface area contributed by atoms with Gasteiger partial charge in [-0.25, -0.2) is 0 Å². The SMILES string of the molecule is COc1ccc([N+](=O)[O-])c(N(C)C2CCC(=O)CC2)n1. The summed E-state index contributed by atoms with van der Waals surface area (Å²) in [4.78, 5) is 27.9. The number of pyridine rings is 1. The highest BCUT2D eigenvalue weighted by Crippen LogP contribution is 2.31. The van der Waals surface area contributed by atoms with Crippen molar-refractivity contribution in [2.24, 2.45) is 0 Å². The maximum absolute atomic E-state index is 11.3. The number of hydrogen-bond acceptors (Lipinski definition) is 6. The van der Waals surface area contributed by atoms with E-state index in [4.69, 9.17) is 4.74 Å². The molecule has 1 aromatic heterocycles. The highest BCUT2D eigenvalue weighted by molar-refractivity contribution is 5.79. The van der Waals surface area contributed by atoms with Gasteiger partial charge in [-0.15, -0.1) is 0 Å². The molecule has 1 heterocycles. The van der Waals surface area contributed by atoms with Crippen molar-refractivity contribution in [1.29, 1.82) is 0 Å². The van der Waals surface area contributed by atoms with Gasteiger partial charge >= 0.3 is 5.69 Å². The molecule has 108 valence electrons. The maximum Gasteiger partial charge on any atom is 0.311 e. The Morgan fingerprint density at radius 2 is 2.05 bits per heavy atom. The molecule has 0 bridgehead atoms. The Labute approximate surface area is 116 Å². The first kappa shape index (κ1) is 14.2. The van der Waals surface area contributed by atoms with Crippen molar-refractivity contribution in [3.63, 3.8) is 0 Å². The van der Waals surface area contributed by atoms with E-state index in [1.807, 2.05) is 0 Å². The van der Waals surface area contributed by atoms with Crippen LogP contribution >= 0.6 is 0 Å². The molecule has 0 saturated heterocycles. The van der Waals surface area contributed by atoms with Crippen LogP contribution in [0.3, 0.4) is 0 Å². The Morgan fingerprint density at radius 1 is 1.40 bits per heavy atom. The number of nitro groups is 1. The third-order valence-corrected chi connectivity index (χ3v) is 3.63. The number of hydrogen-bond donors (Lipinski definition) is 0. The summed E-state index contributed by atoms with van der Waals surface area (Å²) >= 11 is 0. The number of carbonyl (C=O) groups excluding carboxylic acids is 1. The molecule has 7 heteroatoms. The minimum Gasteiger partial charge on any atom is -0.481 e. The Bertz CT molecular complexity index is 522. The minimum absolute atomic E-state index is 0.0507. The van der Waals surface area contributed by atoms with Crippen LogP contribution in [0.1, 0.15) is 25.7 Å². The summed E-state index contributed by atoms with van der Waals surface area (Å²) < 4.78 is 5.03. The van der Waals surface area contributed by atoms with Crippen LogP contribution in [-0.4, -0.2) is 35.9 Å². The summed E-state index contributed by atoms with van der Waals surface area (Å²) in [6.07, 6.45) is 2.44. The Kier molecular flexibility index (Phi) is 4.16. The summed E-state index contributed by atoms with van der Waals surface area (Å²) in [5, 5.41) is 11.1. The molecule has 0 atom stereocenters. The lowest BCUT2D eigenvalue weighted by atomic mass is 9.93. The Morgan fingerprint density at radius 3 is 2.60 bits per heavy atom. The molecule has 2 rings (SSSR count). The normalized spacial score (nSPS) is 16.0. The van der Waals surface area contributed by atoms with Gasteiger partial charge in [0, 0.05) is 38.1 Å². The number of carbonyl (C=O) groups is 1. The fourth-order valence-corrected chi connectivity index (χ4v) is 2.42. The molecular formula is C13H17N3O4. The largest absolute Gasteiger partial charge is 0.481 e. The van der Waals surface area contributed by atoms with Crippen LogP contribution in [0.15, 0.2) is 12.1 Å². The van der Waals surface area contributed by atoms with Gasteiger partial charge in [-0.05, 0) is 12.8 Å². The Hall–Kier alpha value is -2.18. The van der Waals surface area contributed by atoms with E-state index in [9.17, 15) is 14.9 Å². The summed E-state index contributed by atoms with van der Waals surface area (Å²) in [5.74, 6) is 0.876. The van der Waals surface area contributed by atoms with Gasteiger partial charge in [0.05, 0.1) is 12.0 Å². The zero-order chi connectivity index (χ0) is 14.7. The zero-order valence-electron chi connectivity index (χ0n) is 11.5. The van der Waals surface area contributed by atoms with Crippen LogP contribution in [0.25, 0.3) is 0 Å². The lowest BCUT2D eigenvalue weighted by Crippen LogP contribution is -2.36. The quantitative estimate of drug-likeness (QED) is 0.618. The maximum atomic E-state index is 11.3. The topological polar surface area (TPSA) is 85.6 Å². The van der Waals surface area contributed by atoms with E-state index in [1.54, 1.807) is 11.9 Å². The second kappa shape index (κ2) is 5.85. The van der Waals surface area contributed by atoms with E-state index in [-0.39, 0.29) is 23.3 Å². The average Bonchev–Trinajstić information content (AvgIpc) is 2.46. The summed E-state index contributed by atoms with van der Waals surface area (Å²) in [6, 6.07) is 2.96. The number of ether oxygens (including phenoxy) is 1. The third-order valence-electron chi connectivity index (χ3n) is 3.63. The molecule has 0 spiro atoms. The molecule has 0 aliphatic heterocycles. The van der Waals surface area contributed by atoms with Crippen LogP contribution in [0.5, 0.6) is 5.88 Å². The van der Waals surface area contributed by atoms with Crippen molar-refractivity contribution >= 4 is 17.3 Å². The van der Waals surface area contributed by atoms with Gasteiger partial charge in [0.25, 0.3) is 0 Å². The molecule has 7 nitrogen and oxygen atoms in total. The lowest BCUT2D eigenvalue weighted by molar-refractivity contribution is -0.384. The molecule has 0 aromatic carbocycles. The highest BCUT2D eigenvalue weighted by Gasteiger charge is 2.28. The van der Waals surface area contributed by atoms with Crippen molar-refractivity contribution in [3.05, 3.63) is 22.2 Å². The second-order valence-corrected chi connectivity index (χ2v) is 4.83. The average molecular weight is 279 g/mol. The van der Waals surface area contributed by atoms with Gasteiger partial charge in [0.1, 0.15) is 5.78 Å². The zero-order valence-corrected chi connectivity index (χ0v) is 11.5. The second-order valence-electron chi connectivity index (χ2n) is 4.83. The predicted molar refractivity (Wildman–Crippen MR) is 73.1 cm³/mol. The van der Waals surface area contributed by atoms with Crippen molar-refractivity contribution in [2.45, 2.75) is 31.7 Å². The molecule has 1 fully saturated rings. The number of methoxy groups -OCH3 is 1. The van der Waals surface area contributed by atoms with E-state index in [1.165, 1.54) is 19.2 Å². The number of ketones is 1. The molecule has 1 aliphatic rings. The first-order valence-electron chi connectivity index (χ1n) is 6.47. The van der Waals surface area contributed by atoms with E-state index in [0.29, 0.717) is 31.6 Å². The molecule has 0 N–H and O–H groups in total. The highest BCUT2D eigenvalue weighted by atomic mass is 16.6. The first-order chi connectivity index (χ1) is 9.52. The monoisotopic (exact) mass is 279 g/mol. The van der Waals surface area contributed by atoms with E-state index in [2.05, 4.69) is 4.98 Å². The minimum atomic E-state index is -0.452. The van der Waals surface area contributed by atoms with Crippen LogP contribution < -0.4 is 9.64 Å². The van der Waals surface area contributed by atoms with E-state index in [0.717, 1.165) is 0 Å². The summed E-state index contributed by atoms with van der Waals surface area (Å²) in [6.45, 7) is 0. The molecular weight excluding hydrogens is 262 g/mol. The van der Waals surface area contributed by atoms with Crippen molar-refractivity contribution in [1.82, 2.24) is 4.98 Å². The molecule has 1 aromatic rings. The number of anilines is 1. The number of aromatic nitrogens is 1. The van der Waals surface area contributed by atoms with Crippen LogP contribution in [0, 0.1) is 10.1 Å². The molecule has 20 heavy (non-hydrogen) atoms. The standard InChI is InChI=1S/C13H17N3O4/c1-15(9-3-5-10(17)6-4-9)13-11(16(18)19)7-8-12(14-13)20-2/h7-9H,3-6H2,1-2H3. The number of rotatable bonds is 4. The van der Waals surface area contributed by atoms with Gasteiger partial charge in [-0.3, -0.25) is 14.9 Å². The summed E-state index contributed by atoms with van der Waals surface area (Å²) in [7, 11) is 3.24. The van der Waals surface area contributed by atoms with Crippen LogP contribution in [0.2, 0.25) is 0 Å². The molecule has 1 saturated carbocycles. The van der Waals surface area contributed by atoms with E-state index < -0.39 is 4.92 Å². The van der Waals surface area contributed by atoms with Gasteiger partial charge in [0.2, 0.25) is 11.7 Å². The molecule has 0 unspecified atom stereocenters. The summed E-state index contributed by atoms with van der Waals surface area (Å²) in [5.41, 5.74) is -0.0507. The fourth-order valence-electron chi connectivity index (χ4n) is 2.42. The lowest BCUT2D eigenvalue weighted by Gasteiger charge is -2.31.